The zero-order valence-electron chi connectivity index (χ0n) is 33.5. The number of ether oxygens (including phenoxy) is 2. The summed E-state index contributed by atoms with van der Waals surface area (Å²) in [7, 11) is 5.47. The molecule has 12 atom stereocenters. The Kier molecular flexibility index (Phi) is 15.5. The fraction of sp³-hybridized carbons (Fsp3) is 0.725. The third kappa shape index (κ3) is 11.2. The number of amides is 3. The molecule has 0 spiro atoms. The molecule has 3 heterocycles. The maximum absolute atomic E-state index is 13.7. The summed E-state index contributed by atoms with van der Waals surface area (Å²) in [5.74, 6) is -2.64. The number of rotatable bonds is 11. The Morgan fingerprint density at radius 1 is 1.15 bits per heavy atom. The number of carbonyl (C=O) groups is 3. The highest BCUT2D eigenvalue weighted by Crippen LogP contribution is 2.35. The molecule has 304 valence electrons. The Bertz CT molecular complexity index is 1530. The number of fused-ring (bicyclic) bond motifs is 1. The third-order valence-corrected chi connectivity index (χ3v) is 11.4. The normalized spacial score (nSPS) is 34.1. The van der Waals surface area contributed by atoms with Gasteiger partial charge in [-0.15, -0.1) is 0 Å². The van der Waals surface area contributed by atoms with Crippen LogP contribution in [0.15, 0.2) is 30.5 Å². The minimum atomic E-state index is -1.51. The highest BCUT2D eigenvalue weighted by molar-refractivity contribution is 5.86. The molecule has 2 fully saturated rings. The maximum atomic E-state index is 13.7. The lowest BCUT2D eigenvalue weighted by atomic mass is 9.77. The lowest BCUT2D eigenvalue weighted by Crippen LogP contribution is -2.59. The lowest BCUT2D eigenvalue weighted by Gasteiger charge is -2.46. The molecule has 0 aliphatic carbocycles. The average molecular weight is 759 g/mol. The van der Waals surface area contributed by atoms with Crippen molar-refractivity contribution in [1.82, 2.24) is 25.4 Å². The molecule has 2 aromatic rings. The predicted molar refractivity (Wildman–Crippen MR) is 207 cm³/mol. The highest BCUT2D eigenvalue weighted by Gasteiger charge is 2.47. The molecule has 2 aliphatic heterocycles. The minimum absolute atomic E-state index is 0.0689. The summed E-state index contributed by atoms with van der Waals surface area (Å²) in [6, 6.07) is 6.42. The number of aromatic nitrogens is 1. The largest absolute Gasteiger partial charge is 0.392 e. The van der Waals surface area contributed by atoms with Gasteiger partial charge in [0.1, 0.15) is 6.10 Å². The van der Waals surface area contributed by atoms with Crippen molar-refractivity contribution in [3.63, 3.8) is 0 Å². The van der Waals surface area contributed by atoms with Gasteiger partial charge in [0.2, 0.25) is 17.7 Å². The van der Waals surface area contributed by atoms with Crippen LogP contribution < -0.4 is 16.4 Å². The fourth-order valence-corrected chi connectivity index (χ4v) is 8.29. The molecule has 0 radical (unpaired) electrons. The number of nitrogens with two attached hydrogens (primary N) is 1. The Balaban J connectivity index is 1.40. The van der Waals surface area contributed by atoms with E-state index in [1.54, 1.807) is 32.7 Å². The quantitative estimate of drug-likeness (QED) is 0.166. The summed E-state index contributed by atoms with van der Waals surface area (Å²) in [5, 5.41) is 41.9. The van der Waals surface area contributed by atoms with E-state index >= 15 is 0 Å². The number of carbonyl (C=O) groups excluding carboxylic acids is 3. The van der Waals surface area contributed by atoms with E-state index in [0.717, 1.165) is 16.5 Å². The molecule has 0 bridgehead atoms. The molecule has 4 rings (SSSR count). The minimum Gasteiger partial charge on any atom is -0.392 e. The van der Waals surface area contributed by atoms with Crippen LogP contribution in [0.1, 0.15) is 78.7 Å². The molecule has 2 saturated heterocycles. The standard InChI is InChI=1S/C40H66N6O8/c1-23-20-40(5,52)36(54-39-35(49)32(45(6)7)17-24(2)53-39)25(3)34(48)26(4)37(50)44-28(19-33(47)46(8)22-23)13-11-12-16-42-38(51)30(41)18-27-21-43-31-15-10-9-14-29(27)31/h9-10,14-15,21,23-26,28,30,32,34-36,39,43,48-49,52H,11-13,16-20,22,41H2,1-8H3,(H,42,51)(H,44,50)/t23-,24-,25+,26-,28+,30+,32+,34+,35-,36-,39+,40-/m1/s1. The topological polar surface area (TPSA) is 203 Å². The zero-order chi connectivity index (χ0) is 39.9. The van der Waals surface area contributed by atoms with Crippen molar-refractivity contribution in [3.8, 4) is 0 Å². The van der Waals surface area contributed by atoms with Gasteiger partial charge in [-0.25, -0.2) is 0 Å². The van der Waals surface area contributed by atoms with Crippen molar-refractivity contribution in [2.75, 3.05) is 34.2 Å². The van der Waals surface area contributed by atoms with Gasteiger partial charge in [-0.1, -0.05) is 39.0 Å². The summed E-state index contributed by atoms with van der Waals surface area (Å²) >= 11 is 0. The van der Waals surface area contributed by atoms with Crippen LogP contribution in [0.4, 0.5) is 0 Å². The van der Waals surface area contributed by atoms with E-state index in [0.29, 0.717) is 45.2 Å². The summed E-state index contributed by atoms with van der Waals surface area (Å²) in [5.41, 5.74) is 6.70. The average Bonchev–Trinajstić information content (AvgIpc) is 3.51. The van der Waals surface area contributed by atoms with E-state index < -0.39 is 60.0 Å². The van der Waals surface area contributed by atoms with Crippen molar-refractivity contribution >= 4 is 28.6 Å². The van der Waals surface area contributed by atoms with Gasteiger partial charge in [-0.3, -0.25) is 14.4 Å². The fourth-order valence-electron chi connectivity index (χ4n) is 8.29. The smallest absolute Gasteiger partial charge is 0.237 e. The zero-order valence-corrected chi connectivity index (χ0v) is 33.5. The molecule has 1 aromatic heterocycles. The Morgan fingerprint density at radius 2 is 1.85 bits per heavy atom. The molecular weight excluding hydrogens is 692 g/mol. The van der Waals surface area contributed by atoms with Gasteiger partial charge in [0.25, 0.3) is 0 Å². The molecular formula is C40H66N6O8. The number of hydrogen-bond acceptors (Lipinski definition) is 10. The van der Waals surface area contributed by atoms with E-state index in [1.807, 2.05) is 63.3 Å². The van der Waals surface area contributed by atoms with E-state index in [4.69, 9.17) is 15.2 Å². The Hall–Kier alpha value is -3.11. The van der Waals surface area contributed by atoms with Crippen molar-refractivity contribution in [2.45, 2.75) is 134 Å². The van der Waals surface area contributed by atoms with Crippen molar-refractivity contribution in [1.29, 1.82) is 0 Å². The number of para-hydroxylation sites is 1. The van der Waals surface area contributed by atoms with E-state index in [9.17, 15) is 29.7 Å². The van der Waals surface area contributed by atoms with Gasteiger partial charge in [0.15, 0.2) is 6.29 Å². The third-order valence-electron chi connectivity index (χ3n) is 11.4. The number of H-pyrrole nitrogens is 1. The predicted octanol–water partition coefficient (Wildman–Crippen LogP) is 1.89. The molecule has 14 heteroatoms. The van der Waals surface area contributed by atoms with Crippen LogP contribution in [-0.4, -0.2) is 136 Å². The van der Waals surface area contributed by atoms with E-state index in [1.165, 1.54) is 0 Å². The first-order valence-corrected chi connectivity index (χ1v) is 19.6. The second-order valence-electron chi connectivity index (χ2n) is 16.6. The summed E-state index contributed by atoms with van der Waals surface area (Å²) in [6.45, 7) is 9.58. The second kappa shape index (κ2) is 19.2. The van der Waals surface area contributed by atoms with Gasteiger partial charge in [0.05, 0.1) is 35.9 Å². The maximum Gasteiger partial charge on any atom is 0.237 e. The van der Waals surface area contributed by atoms with Gasteiger partial charge < -0.3 is 55.9 Å². The first-order valence-electron chi connectivity index (χ1n) is 19.6. The first kappa shape index (κ1) is 43.6. The Morgan fingerprint density at radius 3 is 2.56 bits per heavy atom. The molecule has 2 aliphatic rings. The molecule has 3 amide bonds. The van der Waals surface area contributed by atoms with Crippen molar-refractivity contribution < 1.29 is 39.2 Å². The number of nitrogens with one attached hydrogen (secondary N) is 3. The number of aliphatic hydroxyl groups excluding tert-OH is 2. The van der Waals surface area contributed by atoms with Crippen LogP contribution in [-0.2, 0) is 30.3 Å². The summed E-state index contributed by atoms with van der Waals surface area (Å²) in [6.07, 6.45) is 0.336. The number of nitrogens with zero attached hydrogens (tertiary/aromatic N) is 2. The summed E-state index contributed by atoms with van der Waals surface area (Å²) < 4.78 is 12.5. The first-order chi connectivity index (χ1) is 25.4. The van der Waals surface area contributed by atoms with E-state index in [-0.39, 0.29) is 42.7 Å². The lowest BCUT2D eigenvalue weighted by molar-refractivity contribution is -0.299. The van der Waals surface area contributed by atoms with Crippen LogP contribution in [0.5, 0.6) is 0 Å². The van der Waals surface area contributed by atoms with Gasteiger partial charge in [-0.05, 0) is 84.0 Å². The number of aromatic amines is 1. The van der Waals surface area contributed by atoms with Gasteiger partial charge >= 0.3 is 0 Å². The monoisotopic (exact) mass is 758 g/mol. The number of likely N-dealkylation sites (N-methyl/N-ethyl adjacent to an activating group) is 1. The molecule has 8 N–H and O–H groups in total. The van der Waals surface area contributed by atoms with Crippen LogP contribution in [0.2, 0.25) is 0 Å². The highest BCUT2D eigenvalue weighted by atomic mass is 16.7. The SMILES string of the molecule is C[C@H]1CN(C)C(=O)C[C@H](CCCCNC(=O)[C@@H](N)Cc2c[nH]c3ccccc23)NC(=O)[C@H](C)[C@@H](O)[C@H](C)[C@@H](O[C@@H]2O[C@H](C)C[C@H](N(C)C)[C@H]2O)[C@](C)(O)C1. The van der Waals surface area contributed by atoms with Gasteiger partial charge in [-0.2, -0.15) is 0 Å². The number of aliphatic hydroxyl groups is 3. The van der Waals surface area contributed by atoms with Crippen molar-refractivity contribution in [3.05, 3.63) is 36.0 Å². The van der Waals surface area contributed by atoms with Gasteiger partial charge in [0, 0.05) is 61.7 Å². The second-order valence-corrected chi connectivity index (χ2v) is 16.6. The van der Waals surface area contributed by atoms with Crippen LogP contribution >= 0.6 is 0 Å². The van der Waals surface area contributed by atoms with Crippen LogP contribution in [0.3, 0.4) is 0 Å². The number of benzene rings is 1. The number of unbranched alkanes of at least 4 members (excludes halogenated alkanes) is 1. The summed E-state index contributed by atoms with van der Waals surface area (Å²) in [4.78, 5) is 46.7. The number of hydrogen-bond donors (Lipinski definition) is 7. The Labute approximate surface area is 320 Å². The van der Waals surface area contributed by atoms with Crippen LogP contribution in [0, 0.1) is 17.8 Å². The molecule has 54 heavy (non-hydrogen) atoms. The molecule has 0 saturated carbocycles. The van der Waals surface area contributed by atoms with E-state index in [2.05, 4.69) is 15.6 Å². The molecule has 14 nitrogen and oxygen atoms in total. The van der Waals surface area contributed by atoms with Crippen molar-refractivity contribution in [2.24, 2.45) is 23.5 Å². The molecule has 1 aromatic carbocycles. The van der Waals surface area contributed by atoms with Crippen LogP contribution in [0.25, 0.3) is 10.9 Å². The molecule has 0 unspecified atom stereocenters.